The SMILES string of the molecule is COCc1cc(NN)nc(CC2CC2)n1. The number of nitrogens with one attached hydrogen (secondary N) is 1. The zero-order chi connectivity index (χ0) is 10.7. The summed E-state index contributed by atoms with van der Waals surface area (Å²) in [5.41, 5.74) is 3.42. The van der Waals surface area contributed by atoms with Crippen LogP contribution in [0.25, 0.3) is 0 Å². The lowest BCUT2D eigenvalue weighted by Crippen LogP contribution is -2.12. The zero-order valence-corrected chi connectivity index (χ0v) is 8.86. The van der Waals surface area contributed by atoms with Gasteiger partial charge >= 0.3 is 0 Å². The maximum absolute atomic E-state index is 5.35. The average molecular weight is 208 g/mol. The van der Waals surface area contributed by atoms with Crippen molar-refractivity contribution in [2.24, 2.45) is 11.8 Å². The number of aromatic nitrogens is 2. The molecule has 1 fully saturated rings. The maximum atomic E-state index is 5.35. The van der Waals surface area contributed by atoms with Gasteiger partial charge in [0.15, 0.2) is 0 Å². The van der Waals surface area contributed by atoms with E-state index in [2.05, 4.69) is 15.4 Å². The van der Waals surface area contributed by atoms with Gasteiger partial charge in [0, 0.05) is 19.6 Å². The third-order valence-electron chi connectivity index (χ3n) is 2.43. The summed E-state index contributed by atoms with van der Waals surface area (Å²) >= 11 is 0. The van der Waals surface area contributed by atoms with E-state index in [1.54, 1.807) is 13.2 Å². The van der Waals surface area contributed by atoms with Gasteiger partial charge in [-0.05, 0) is 18.8 Å². The number of hydrogen-bond donors (Lipinski definition) is 2. The van der Waals surface area contributed by atoms with Crippen LogP contribution in [0.3, 0.4) is 0 Å². The predicted molar refractivity (Wildman–Crippen MR) is 57.0 cm³/mol. The molecule has 1 aliphatic carbocycles. The van der Waals surface area contributed by atoms with Crippen molar-refractivity contribution in [2.45, 2.75) is 25.9 Å². The molecule has 1 aliphatic rings. The second-order valence-electron chi connectivity index (χ2n) is 3.89. The number of nitrogens with two attached hydrogens (primary N) is 1. The molecule has 3 N–H and O–H groups in total. The van der Waals surface area contributed by atoms with Crippen LogP contribution in [0.4, 0.5) is 5.82 Å². The first kappa shape index (κ1) is 10.3. The minimum absolute atomic E-state index is 0.495. The van der Waals surface area contributed by atoms with E-state index in [1.165, 1.54) is 12.8 Å². The van der Waals surface area contributed by atoms with Crippen LogP contribution < -0.4 is 11.3 Å². The largest absolute Gasteiger partial charge is 0.378 e. The van der Waals surface area contributed by atoms with Gasteiger partial charge in [0.1, 0.15) is 11.6 Å². The fraction of sp³-hybridized carbons (Fsp3) is 0.600. The number of anilines is 1. The molecule has 0 saturated heterocycles. The van der Waals surface area contributed by atoms with Crippen LogP contribution in [0.5, 0.6) is 0 Å². The monoisotopic (exact) mass is 208 g/mol. The lowest BCUT2D eigenvalue weighted by Gasteiger charge is -2.06. The number of methoxy groups -OCH3 is 1. The Hall–Kier alpha value is -1.20. The summed E-state index contributed by atoms with van der Waals surface area (Å²) in [6, 6.07) is 1.81. The van der Waals surface area contributed by atoms with E-state index in [-0.39, 0.29) is 0 Å². The number of nitrogens with zero attached hydrogens (tertiary/aromatic N) is 2. The van der Waals surface area contributed by atoms with Crippen LogP contribution >= 0.6 is 0 Å². The van der Waals surface area contributed by atoms with Crippen LogP contribution in [0.1, 0.15) is 24.4 Å². The summed E-state index contributed by atoms with van der Waals surface area (Å²) < 4.78 is 5.04. The van der Waals surface area contributed by atoms with Gasteiger partial charge in [0.05, 0.1) is 12.3 Å². The predicted octanol–water partition coefficient (Wildman–Crippen LogP) is 0.861. The normalized spacial score (nSPS) is 15.3. The zero-order valence-electron chi connectivity index (χ0n) is 8.86. The Balaban J connectivity index is 2.15. The van der Waals surface area contributed by atoms with Gasteiger partial charge in [-0.3, -0.25) is 0 Å². The van der Waals surface area contributed by atoms with Crippen LogP contribution in [0.15, 0.2) is 6.07 Å². The molecule has 0 radical (unpaired) electrons. The van der Waals surface area contributed by atoms with Gasteiger partial charge in [0.2, 0.25) is 0 Å². The quantitative estimate of drug-likeness (QED) is 0.554. The third-order valence-corrected chi connectivity index (χ3v) is 2.43. The average Bonchev–Trinajstić information content (AvgIpc) is 3.02. The van der Waals surface area contributed by atoms with Crippen molar-refractivity contribution in [3.8, 4) is 0 Å². The van der Waals surface area contributed by atoms with Crippen molar-refractivity contribution in [3.63, 3.8) is 0 Å². The van der Waals surface area contributed by atoms with Gasteiger partial charge < -0.3 is 10.2 Å². The lowest BCUT2D eigenvalue weighted by atomic mass is 10.2. The number of hydrazine groups is 1. The van der Waals surface area contributed by atoms with E-state index in [1.807, 2.05) is 0 Å². The minimum Gasteiger partial charge on any atom is -0.378 e. The van der Waals surface area contributed by atoms with Crippen LogP contribution in [-0.2, 0) is 17.8 Å². The summed E-state index contributed by atoms with van der Waals surface area (Å²) in [6.45, 7) is 0.495. The molecule has 1 aromatic heterocycles. The first-order chi connectivity index (χ1) is 7.31. The highest BCUT2D eigenvalue weighted by atomic mass is 16.5. The Morgan fingerprint density at radius 3 is 2.93 bits per heavy atom. The second kappa shape index (κ2) is 4.55. The fourth-order valence-corrected chi connectivity index (χ4v) is 1.52. The van der Waals surface area contributed by atoms with Crippen molar-refractivity contribution in [1.29, 1.82) is 0 Å². The Labute approximate surface area is 89.0 Å². The molecule has 15 heavy (non-hydrogen) atoms. The molecule has 5 heteroatoms. The van der Waals surface area contributed by atoms with Gasteiger partial charge in [-0.2, -0.15) is 0 Å². The summed E-state index contributed by atoms with van der Waals surface area (Å²) in [5, 5.41) is 0. The molecular formula is C10H16N4O. The van der Waals surface area contributed by atoms with E-state index in [0.717, 1.165) is 23.9 Å². The van der Waals surface area contributed by atoms with E-state index in [9.17, 15) is 0 Å². The van der Waals surface area contributed by atoms with Crippen molar-refractivity contribution in [2.75, 3.05) is 12.5 Å². The highest BCUT2D eigenvalue weighted by molar-refractivity contribution is 5.34. The number of hydrogen-bond acceptors (Lipinski definition) is 5. The molecule has 0 aliphatic heterocycles. The van der Waals surface area contributed by atoms with E-state index in [0.29, 0.717) is 12.4 Å². The topological polar surface area (TPSA) is 73.1 Å². The standard InChI is InChI=1S/C10H16N4O/c1-15-6-8-5-10(14-11)13-9(12-8)4-7-2-3-7/h5,7H,2-4,6,11H2,1H3,(H,12,13,14). The molecule has 0 amide bonds. The van der Waals surface area contributed by atoms with E-state index >= 15 is 0 Å². The first-order valence-electron chi connectivity index (χ1n) is 5.14. The molecule has 1 aromatic rings. The molecule has 0 bridgehead atoms. The van der Waals surface area contributed by atoms with E-state index in [4.69, 9.17) is 10.6 Å². The molecule has 0 aromatic carbocycles. The number of rotatable bonds is 5. The molecule has 0 spiro atoms. The van der Waals surface area contributed by atoms with Gasteiger partial charge in [-0.25, -0.2) is 15.8 Å². The maximum Gasteiger partial charge on any atom is 0.144 e. The first-order valence-corrected chi connectivity index (χ1v) is 5.14. The summed E-state index contributed by atoms with van der Waals surface area (Å²) in [7, 11) is 1.65. The van der Waals surface area contributed by atoms with Crippen LogP contribution in [-0.4, -0.2) is 17.1 Å². The van der Waals surface area contributed by atoms with Crippen molar-refractivity contribution in [1.82, 2.24) is 9.97 Å². The molecule has 2 rings (SSSR count). The van der Waals surface area contributed by atoms with Crippen LogP contribution in [0, 0.1) is 5.92 Å². The number of ether oxygens (including phenoxy) is 1. The number of nitrogen functional groups attached to an aromatic ring is 1. The Morgan fingerprint density at radius 1 is 1.53 bits per heavy atom. The third kappa shape index (κ3) is 2.87. The Bertz CT molecular complexity index is 338. The highest BCUT2D eigenvalue weighted by Gasteiger charge is 2.23. The summed E-state index contributed by atoms with van der Waals surface area (Å²) in [4.78, 5) is 8.73. The fourth-order valence-electron chi connectivity index (χ4n) is 1.52. The molecule has 1 heterocycles. The van der Waals surface area contributed by atoms with Gasteiger partial charge in [0.25, 0.3) is 0 Å². The van der Waals surface area contributed by atoms with Crippen LogP contribution in [0.2, 0.25) is 0 Å². The summed E-state index contributed by atoms with van der Waals surface area (Å²) in [5.74, 6) is 7.64. The molecule has 82 valence electrons. The van der Waals surface area contributed by atoms with Gasteiger partial charge in [-0.15, -0.1) is 0 Å². The smallest absolute Gasteiger partial charge is 0.144 e. The Kier molecular flexibility index (Phi) is 3.13. The molecule has 0 atom stereocenters. The highest BCUT2D eigenvalue weighted by Crippen LogP contribution is 2.31. The lowest BCUT2D eigenvalue weighted by molar-refractivity contribution is 0.181. The summed E-state index contributed by atoms with van der Waals surface area (Å²) in [6.07, 6.45) is 3.54. The molecular weight excluding hydrogens is 192 g/mol. The molecule has 5 nitrogen and oxygen atoms in total. The Morgan fingerprint density at radius 2 is 2.33 bits per heavy atom. The molecule has 1 saturated carbocycles. The molecule has 0 unspecified atom stereocenters. The van der Waals surface area contributed by atoms with E-state index < -0.39 is 0 Å². The van der Waals surface area contributed by atoms with Crippen molar-refractivity contribution < 1.29 is 4.74 Å². The van der Waals surface area contributed by atoms with Gasteiger partial charge in [-0.1, -0.05) is 0 Å². The second-order valence-corrected chi connectivity index (χ2v) is 3.89. The van der Waals surface area contributed by atoms with Crippen molar-refractivity contribution >= 4 is 5.82 Å². The minimum atomic E-state index is 0.495. The van der Waals surface area contributed by atoms with Crippen molar-refractivity contribution in [3.05, 3.63) is 17.6 Å².